The molecule has 0 radical (unpaired) electrons. The molecule has 0 saturated heterocycles. The number of carbonyl (C=O) groups is 2. The first-order chi connectivity index (χ1) is 7.21. The summed E-state index contributed by atoms with van der Waals surface area (Å²) in [5, 5.41) is 0. The third kappa shape index (κ3) is 1.68. The van der Waals surface area contributed by atoms with Crippen LogP contribution in [0.1, 0.15) is 45.4 Å². The molecule has 3 nitrogen and oxygen atoms in total. The molecule has 2 aliphatic carbocycles. The van der Waals surface area contributed by atoms with Crippen LogP contribution < -0.4 is 0 Å². The molecule has 3 heteroatoms. The molecule has 0 N–H and O–H groups in total. The van der Waals surface area contributed by atoms with Gasteiger partial charge in [0.05, 0.1) is 6.61 Å². The summed E-state index contributed by atoms with van der Waals surface area (Å²) in [6, 6.07) is 0. The van der Waals surface area contributed by atoms with Crippen molar-refractivity contribution in [1.29, 1.82) is 0 Å². The summed E-state index contributed by atoms with van der Waals surface area (Å²) in [6.45, 7) is 2.17. The Balaban J connectivity index is 2.21. The summed E-state index contributed by atoms with van der Waals surface area (Å²) < 4.78 is 5.10. The normalized spacial score (nSPS) is 31.4. The molecule has 2 fully saturated rings. The highest BCUT2D eigenvalue weighted by molar-refractivity contribution is 6.05. The number of hydrogen-bond acceptors (Lipinski definition) is 3. The van der Waals surface area contributed by atoms with Crippen molar-refractivity contribution in [2.45, 2.75) is 45.4 Å². The first kappa shape index (κ1) is 10.7. The topological polar surface area (TPSA) is 43.4 Å². The highest BCUT2D eigenvalue weighted by Crippen LogP contribution is 2.52. The summed E-state index contributed by atoms with van der Waals surface area (Å²) in [5.41, 5.74) is -0.742. The van der Waals surface area contributed by atoms with Crippen LogP contribution in [0.3, 0.4) is 0 Å². The fourth-order valence-electron chi connectivity index (χ4n) is 2.70. The third-order valence-electron chi connectivity index (χ3n) is 3.64. The van der Waals surface area contributed by atoms with Crippen molar-refractivity contribution in [3.05, 3.63) is 0 Å². The van der Waals surface area contributed by atoms with E-state index in [1.54, 1.807) is 6.92 Å². The summed E-state index contributed by atoms with van der Waals surface area (Å²) >= 11 is 0. The fraction of sp³-hybridized carbons (Fsp3) is 0.833. The van der Waals surface area contributed by atoms with Gasteiger partial charge < -0.3 is 4.74 Å². The highest BCUT2D eigenvalue weighted by atomic mass is 16.5. The van der Waals surface area contributed by atoms with Gasteiger partial charge in [0.2, 0.25) is 0 Å². The van der Waals surface area contributed by atoms with Crippen LogP contribution in [0.15, 0.2) is 0 Å². The second kappa shape index (κ2) is 3.95. The number of carbonyl (C=O) groups excluding carboxylic acids is 2. The van der Waals surface area contributed by atoms with E-state index < -0.39 is 5.41 Å². The molecule has 1 unspecified atom stereocenters. The molecule has 0 heterocycles. The lowest BCUT2D eigenvalue weighted by Gasteiger charge is -2.33. The highest BCUT2D eigenvalue weighted by Gasteiger charge is 2.57. The average Bonchev–Trinajstić information content (AvgIpc) is 3.03. The molecule has 84 valence electrons. The van der Waals surface area contributed by atoms with Crippen molar-refractivity contribution in [3.8, 4) is 0 Å². The number of Topliss-reactive ketones (excluding diaryl/α,β-unsaturated/α-hetero) is 1. The van der Waals surface area contributed by atoms with Gasteiger partial charge in [0.1, 0.15) is 11.2 Å². The first-order valence-corrected chi connectivity index (χ1v) is 5.92. The van der Waals surface area contributed by atoms with Crippen LogP contribution in [-0.2, 0) is 14.3 Å². The van der Waals surface area contributed by atoms with Crippen molar-refractivity contribution >= 4 is 11.8 Å². The molecule has 0 bridgehead atoms. The molecule has 1 atom stereocenters. The van der Waals surface area contributed by atoms with E-state index in [2.05, 4.69) is 0 Å². The minimum absolute atomic E-state index is 0.134. The zero-order valence-corrected chi connectivity index (χ0v) is 9.25. The third-order valence-corrected chi connectivity index (χ3v) is 3.64. The molecule has 0 amide bonds. The van der Waals surface area contributed by atoms with Gasteiger partial charge in [0, 0.05) is 6.42 Å². The van der Waals surface area contributed by atoms with E-state index in [9.17, 15) is 9.59 Å². The summed E-state index contributed by atoms with van der Waals surface area (Å²) in [7, 11) is 0. The van der Waals surface area contributed by atoms with E-state index in [1.165, 1.54) is 0 Å². The van der Waals surface area contributed by atoms with Gasteiger partial charge in [0.25, 0.3) is 0 Å². The lowest BCUT2D eigenvalue weighted by atomic mass is 9.69. The summed E-state index contributed by atoms with van der Waals surface area (Å²) in [6.07, 6.45) is 5.24. The van der Waals surface area contributed by atoms with E-state index in [4.69, 9.17) is 4.74 Å². The van der Waals surface area contributed by atoms with Gasteiger partial charge in [-0.25, -0.2) is 0 Å². The van der Waals surface area contributed by atoms with E-state index >= 15 is 0 Å². The first-order valence-electron chi connectivity index (χ1n) is 5.92. The Morgan fingerprint density at radius 1 is 1.47 bits per heavy atom. The molecule has 2 aliphatic rings. The van der Waals surface area contributed by atoms with E-state index in [1.807, 2.05) is 0 Å². The Labute approximate surface area is 90.2 Å². The molecule has 0 spiro atoms. The van der Waals surface area contributed by atoms with Gasteiger partial charge in [-0.05, 0) is 38.5 Å². The summed E-state index contributed by atoms with van der Waals surface area (Å²) in [4.78, 5) is 24.0. The molecule has 15 heavy (non-hydrogen) atoms. The summed E-state index contributed by atoms with van der Waals surface area (Å²) in [5.74, 6) is 0.163. The molecule has 0 aliphatic heterocycles. The number of hydrogen-bond donors (Lipinski definition) is 0. The van der Waals surface area contributed by atoms with Crippen molar-refractivity contribution in [2.24, 2.45) is 11.3 Å². The Morgan fingerprint density at radius 2 is 2.20 bits per heavy atom. The second-order valence-corrected chi connectivity index (χ2v) is 4.60. The van der Waals surface area contributed by atoms with Gasteiger partial charge in [-0.1, -0.05) is 6.42 Å². The minimum atomic E-state index is -0.742. The molecule has 0 aromatic carbocycles. The van der Waals surface area contributed by atoms with Gasteiger partial charge in [-0.3, -0.25) is 9.59 Å². The molecule has 0 aromatic heterocycles. The standard InChI is InChI=1S/C12H18O3/c1-2-15-11(14)12(9-6-7-9)8-4-3-5-10(12)13/h9H,2-8H2,1H3. The molecule has 2 saturated carbocycles. The second-order valence-electron chi connectivity index (χ2n) is 4.60. The Morgan fingerprint density at radius 3 is 2.73 bits per heavy atom. The van der Waals surface area contributed by atoms with Crippen LogP contribution >= 0.6 is 0 Å². The lowest BCUT2D eigenvalue weighted by Crippen LogP contribution is -2.44. The van der Waals surface area contributed by atoms with Gasteiger partial charge in [-0.2, -0.15) is 0 Å². The van der Waals surface area contributed by atoms with E-state index in [0.29, 0.717) is 13.0 Å². The van der Waals surface area contributed by atoms with Crippen LogP contribution in [0.2, 0.25) is 0 Å². The average molecular weight is 210 g/mol. The SMILES string of the molecule is CCOC(=O)C1(C2CC2)CCCCC1=O. The van der Waals surface area contributed by atoms with E-state index in [-0.39, 0.29) is 17.7 Å². The van der Waals surface area contributed by atoms with Gasteiger partial charge in [-0.15, -0.1) is 0 Å². The number of esters is 1. The van der Waals surface area contributed by atoms with Crippen molar-refractivity contribution < 1.29 is 14.3 Å². The maximum atomic E-state index is 12.0. The predicted octanol–water partition coefficient (Wildman–Crippen LogP) is 2.09. The van der Waals surface area contributed by atoms with Crippen molar-refractivity contribution in [2.75, 3.05) is 6.61 Å². The maximum absolute atomic E-state index is 12.0. The number of ether oxygens (including phenoxy) is 1. The minimum Gasteiger partial charge on any atom is -0.465 e. The van der Waals surface area contributed by atoms with Crippen molar-refractivity contribution in [3.63, 3.8) is 0 Å². The fourth-order valence-corrected chi connectivity index (χ4v) is 2.70. The van der Waals surface area contributed by atoms with Crippen LogP contribution in [-0.4, -0.2) is 18.4 Å². The molecule has 0 aromatic rings. The molecular weight excluding hydrogens is 192 g/mol. The zero-order valence-electron chi connectivity index (χ0n) is 9.25. The Kier molecular flexibility index (Phi) is 2.81. The largest absolute Gasteiger partial charge is 0.465 e. The quantitative estimate of drug-likeness (QED) is 0.529. The van der Waals surface area contributed by atoms with Crippen LogP contribution in [0.25, 0.3) is 0 Å². The van der Waals surface area contributed by atoms with Crippen LogP contribution in [0.5, 0.6) is 0 Å². The van der Waals surface area contributed by atoms with Crippen molar-refractivity contribution in [1.82, 2.24) is 0 Å². The Bertz CT molecular complexity index is 281. The van der Waals surface area contributed by atoms with Gasteiger partial charge >= 0.3 is 5.97 Å². The van der Waals surface area contributed by atoms with E-state index in [0.717, 1.165) is 32.1 Å². The Hall–Kier alpha value is -0.860. The lowest BCUT2D eigenvalue weighted by molar-refractivity contribution is -0.164. The predicted molar refractivity (Wildman–Crippen MR) is 55.3 cm³/mol. The maximum Gasteiger partial charge on any atom is 0.319 e. The molecule has 2 rings (SSSR count). The van der Waals surface area contributed by atoms with Crippen LogP contribution in [0, 0.1) is 11.3 Å². The number of rotatable bonds is 3. The van der Waals surface area contributed by atoms with Gasteiger partial charge in [0.15, 0.2) is 0 Å². The zero-order chi connectivity index (χ0) is 10.9. The van der Waals surface area contributed by atoms with Crippen LogP contribution in [0.4, 0.5) is 0 Å². The number of ketones is 1. The smallest absolute Gasteiger partial charge is 0.319 e. The monoisotopic (exact) mass is 210 g/mol. The molecular formula is C12H18O3.